The smallest absolute Gasteiger partial charge is 1.00 e. The number of benzene rings is 2. The van der Waals surface area contributed by atoms with Crippen molar-refractivity contribution in [3.63, 3.8) is 0 Å². The molecule has 3 aliphatic carbocycles. The van der Waals surface area contributed by atoms with Crippen LogP contribution in [0, 0.1) is 6.92 Å². The summed E-state index contributed by atoms with van der Waals surface area (Å²) in [5.74, 6) is 0.797. The van der Waals surface area contributed by atoms with E-state index in [2.05, 4.69) is 88.5 Å². The van der Waals surface area contributed by atoms with Crippen LogP contribution in [0.1, 0.15) is 93.0 Å². The van der Waals surface area contributed by atoms with Crippen LogP contribution in [0.2, 0.25) is 13.1 Å². The predicted molar refractivity (Wildman–Crippen MR) is 156 cm³/mol. The van der Waals surface area contributed by atoms with E-state index in [-0.39, 0.29) is 24.8 Å². The summed E-state index contributed by atoms with van der Waals surface area (Å²) in [5, 5.41) is 1.78. The van der Waals surface area contributed by atoms with Gasteiger partial charge in [0.25, 0.3) is 0 Å². The first kappa shape index (κ1) is 30.3. The van der Waals surface area contributed by atoms with Crippen molar-refractivity contribution in [2.75, 3.05) is 0 Å². The Morgan fingerprint density at radius 1 is 0.868 bits per heavy atom. The Morgan fingerprint density at radius 3 is 2.18 bits per heavy atom. The SMILES string of the molecule is CC1=C2c3sc(C)cc3C1[Si]2(C)C.CC1=Cc2c(-c3ccc(C4CCCCC4)cc3)cccc2[CH]1[Zr+2].[Cl-].[Cl-]. The van der Waals surface area contributed by atoms with Crippen molar-refractivity contribution in [1.29, 1.82) is 0 Å². The molecule has 38 heavy (non-hydrogen) atoms. The Kier molecular flexibility index (Phi) is 9.28. The van der Waals surface area contributed by atoms with Gasteiger partial charge in [0.15, 0.2) is 0 Å². The van der Waals surface area contributed by atoms with E-state index in [1.807, 2.05) is 11.3 Å². The van der Waals surface area contributed by atoms with Crippen LogP contribution in [0.25, 0.3) is 22.4 Å². The molecule has 1 fully saturated rings. The molecule has 1 saturated carbocycles. The van der Waals surface area contributed by atoms with E-state index in [0.29, 0.717) is 3.63 Å². The number of fused-ring (bicyclic) bond motifs is 1. The van der Waals surface area contributed by atoms with Crippen molar-refractivity contribution in [1.82, 2.24) is 0 Å². The van der Waals surface area contributed by atoms with Crippen LogP contribution in [0.3, 0.4) is 0 Å². The van der Waals surface area contributed by atoms with Gasteiger partial charge in [0.1, 0.15) is 0 Å². The average molecular weight is 656 g/mol. The fourth-order valence-corrected chi connectivity index (χ4v) is 14.6. The zero-order valence-electron chi connectivity index (χ0n) is 23.1. The van der Waals surface area contributed by atoms with E-state index in [9.17, 15) is 0 Å². The average Bonchev–Trinajstić information content (AvgIpc) is 3.53. The third-order valence-corrected chi connectivity index (χ3v) is 16.5. The molecule has 0 saturated heterocycles. The van der Waals surface area contributed by atoms with E-state index in [1.54, 1.807) is 51.5 Å². The van der Waals surface area contributed by atoms with E-state index in [4.69, 9.17) is 0 Å². The summed E-state index contributed by atoms with van der Waals surface area (Å²) >= 11 is 3.61. The van der Waals surface area contributed by atoms with Crippen LogP contribution in [0.5, 0.6) is 0 Å². The second kappa shape index (κ2) is 11.7. The summed E-state index contributed by atoms with van der Waals surface area (Å²) in [7, 11) is -0.995. The van der Waals surface area contributed by atoms with Gasteiger partial charge in [-0.3, -0.25) is 0 Å². The fourth-order valence-electron chi connectivity index (χ4n) is 7.47. The Morgan fingerprint density at radius 2 is 1.55 bits per heavy atom. The Balaban J connectivity index is 0.000000191. The first-order chi connectivity index (χ1) is 17.3. The maximum absolute atomic E-state index is 2.52. The topological polar surface area (TPSA) is 0 Å². The fraction of sp³-hybridized carbons (Fsp3) is 0.394. The molecule has 0 N–H and O–H groups in total. The first-order valence-corrected chi connectivity index (χ1v) is 19.0. The second-order valence-corrected chi connectivity index (χ2v) is 19.1. The molecule has 0 nitrogen and oxygen atoms in total. The maximum atomic E-state index is 2.52. The van der Waals surface area contributed by atoms with Crippen LogP contribution in [0.4, 0.5) is 0 Å². The van der Waals surface area contributed by atoms with Gasteiger partial charge < -0.3 is 24.8 Å². The summed E-state index contributed by atoms with van der Waals surface area (Å²) in [6.45, 7) is 11.9. The summed E-state index contributed by atoms with van der Waals surface area (Å²) in [4.78, 5) is 3.14. The molecular weight excluding hydrogens is 619 g/mol. The normalized spacial score (nSPS) is 22.2. The predicted octanol–water partition coefficient (Wildman–Crippen LogP) is 4.14. The minimum Gasteiger partial charge on any atom is -1.00 e. The number of halogens is 2. The third-order valence-electron chi connectivity index (χ3n) is 9.19. The summed E-state index contributed by atoms with van der Waals surface area (Å²) in [6, 6.07) is 18.7. The zero-order chi connectivity index (χ0) is 25.2. The monoisotopic (exact) mass is 653 g/mol. The van der Waals surface area contributed by atoms with Crippen LogP contribution >= 0.6 is 11.3 Å². The van der Waals surface area contributed by atoms with E-state index >= 15 is 0 Å². The Bertz CT molecular complexity index is 1390. The molecule has 8 rings (SSSR count). The van der Waals surface area contributed by atoms with Crippen LogP contribution in [0.15, 0.2) is 59.7 Å². The number of allylic oxidation sites excluding steroid dienone is 2. The van der Waals surface area contributed by atoms with Crippen LogP contribution < -0.4 is 24.8 Å². The molecular formula is C33H37Cl2SSiZr. The zero-order valence-corrected chi connectivity index (χ0v) is 28.9. The van der Waals surface area contributed by atoms with Gasteiger partial charge in [-0.2, -0.15) is 0 Å². The molecule has 5 aliphatic rings. The molecule has 3 aromatic rings. The number of hydrogen-bond donors (Lipinski definition) is 0. The van der Waals surface area contributed by atoms with Crippen LogP contribution in [-0.2, 0) is 24.7 Å². The number of aryl methyl sites for hydroxylation is 1. The van der Waals surface area contributed by atoms with Crippen molar-refractivity contribution in [3.05, 3.63) is 91.7 Å². The van der Waals surface area contributed by atoms with Gasteiger partial charge in [-0.25, -0.2) is 0 Å². The molecule has 2 unspecified atom stereocenters. The van der Waals surface area contributed by atoms with Gasteiger partial charge in [0.2, 0.25) is 0 Å². The standard InChI is InChI=1S/C22H23.C11H14SSi.2ClH.Zr/c1-16-14-20-8-5-9-21(22(20)15-16)19-12-10-18(11-13-19)17-6-3-2-4-7-17;1-6-5-8-9(12-6)11-7(2)10(8)13(11,3)4;;;/h5,8-15,17H,2-4,6-7H2,1H3;5,10H,1-4H3;2*1H;/q;;;;+2/p-2. The Labute approximate surface area is 262 Å². The molecule has 2 bridgehead atoms. The molecule has 1 aromatic heterocycles. The summed E-state index contributed by atoms with van der Waals surface area (Å²) < 4.78 is 0.652. The molecule has 3 heterocycles. The Hall–Kier alpha value is -0.700. The van der Waals surface area contributed by atoms with E-state index in [0.717, 1.165) is 11.5 Å². The second-order valence-electron chi connectivity index (χ2n) is 11.9. The van der Waals surface area contributed by atoms with Crippen molar-refractivity contribution in [3.8, 4) is 11.1 Å². The van der Waals surface area contributed by atoms with Crippen molar-refractivity contribution < 1.29 is 49.5 Å². The van der Waals surface area contributed by atoms with Gasteiger partial charge >= 0.3 is 155 Å². The van der Waals surface area contributed by atoms with Crippen LogP contribution in [-0.4, -0.2) is 8.07 Å². The minimum absolute atomic E-state index is 0. The third kappa shape index (κ3) is 4.98. The molecule has 0 spiro atoms. The molecule has 2 aliphatic heterocycles. The van der Waals surface area contributed by atoms with Gasteiger partial charge in [-0.1, -0.05) is 18.7 Å². The van der Waals surface area contributed by atoms with E-state index < -0.39 is 8.07 Å². The molecule has 0 radical (unpaired) electrons. The first-order valence-electron chi connectivity index (χ1n) is 13.7. The molecule has 2 aromatic carbocycles. The largest absolute Gasteiger partial charge is 1.00 e. The van der Waals surface area contributed by atoms with Crippen molar-refractivity contribution >= 4 is 30.7 Å². The molecule has 197 valence electrons. The molecule has 2 atom stereocenters. The van der Waals surface area contributed by atoms with Crippen molar-refractivity contribution in [2.24, 2.45) is 0 Å². The van der Waals surface area contributed by atoms with Crippen molar-refractivity contribution in [2.45, 2.75) is 81.1 Å². The molecule has 0 amide bonds. The maximum Gasteiger partial charge on any atom is -1.00 e. The number of hydrogen-bond acceptors (Lipinski definition) is 1. The van der Waals surface area contributed by atoms with Gasteiger partial charge in [-0.05, 0) is 30.7 Å². The molecule has 5 heteroatoms. The van der Waals surface area contributed by atoms with E-state index in [1.165, 1.54) is 64.8 Å². The van der Waals surface area contributed by atoms with Gasteiger partial charge in [-0.15, -0.1) is 11.3 Å². The summed E-state index contributed by atoms with van der Waals surface area (Å²) in [6.07, 6.45) is 9.40. The van der Waals surface area contributed by atoms with Gasteiger partial charge in [0.05, 0.1) is 8.07 Å². The van der Waals surface area contributed by atoms with Gasteiger partial charge in [0, 0.05) is 15.3 Å². The number of rotatable bonds is 2. The summed E-state index contributed by atoms with van der Waals surface area (Å²) in [5.41, 5.74) is 13.1. The quantitative estimate of drug-likeness (QED) is 0.365. The number of thiophene rings is 1. The minimum atomic E-state index is -0.995.